The molecule has 4 rings (SSSR count). The SMILES string of the molecule is COCCCCc1cc(C(F)(F)F)ccc1[C@]1(C)CCOc2cc(S(=O)(=O)Nc3ncc(F)cn3)ccc21. The Bertz CT molecular complexity index is 1400. The molecule has 3 aromatic rings. The molecule has 1 atom stereocenters. The Kier molecular flexibility index (Phi) is 7.93. The summed E-state index contributed by atoms with van der Waals surface area (Å²) in [6.45, 7) is 2.68. The van der Waals surface area contributed by atoms with Crippen molar-refractivity contribution in [2.75, 3.05) is 25.0 Å². The molecule has 38 heavy (non-hydrogen) atoms. The second-order valence-corrected chi connectivity index (χ2v) is 10.9. The van der Waals surface area contributed by atoms with Crippen LogP contribution in [0, 0.1) is 5.82 Å². The van der Waals surface area contributed by atoms with Crippen molar-refractivity contribution >= 4 is 16.0 Å². The maximum absolute atomic E-state index is 13.5. The lowest BCUT2D eigenvalue weighted by Gasteiger charge is -2.38. The number of fused-ring (bicyclic) bond motifs is 1. The predicted octanol–water partition coefficient (Wildman–Crippen LogP) is 5.49. The maximum atomic E-state index is 13.5. The molecule has 0 unspecified atom stereocenters. The van der Waals surface area contributed by atoms with Gasteiger partial charge in [0.2, 0.25) is 5.95 Å². The quantitative estimate of drug-likeness (QED) is 0.278. The summed E-state index contributed by atoms with van der Waals surface area (Å²) in [6.07, 6.45) is -0.526. The molecule has 1 aromatic heterocycles. The molecule has 2 aromatic carbocycles. The van der Waals surface area contributed by atoms with Gasteiger partial charge in [-0.15, -0.1) is 0 Å². The Balaban J connectivity index is 1.70. The fourth-order valence-corrected chi connectivity index (χ4v) is 5.62. The van der Waals surface area contributed by atoms with Crippen LogP contribution in [0.5, 0.6) is 5.75 Å². The number of aromatic nitrogens is 2. The minimum atomic E-state index is -4.47. The van der Waals surface area contributed by atoms with E-state index in [4.69, 9.17) is 9.47 Å². The highest BCUT2D eigenvalue weighted by atomic mass is 32.2. The molecule has 1 aliphatic heterocycles. The summed E-state index contributed by atoms with van der Waals surface area (Å²) in [5.41, 5.74) is 0.552. The summed E-state index contributed by atoms with van der Waals surface area (Å²) >= 11 is 0. The highest BCUT2D eigenvalue weighted by molar-refractivity contribution is 7.92. The number of ether oxygens (including phenoxy) is 2. The van der Waals surface area contributed by atoms with Crippen molar-refractivity contribution in [1.82, 2.24) is 9.97 Å². The van der Waals surface area contributed by atoms with Gasteiger partial charge in [0.1, 0.15) is 5.75 Å². The zero-order valence-corrected chi connectivity index (χ0v) is 21.6. The number of rotatable bonds is 9. The van der Waals surface area contributed by atoms with E-state index in [1.807, 2.05) is 6.92 Å². The molecule has 2 heterocycles. The van der Waals surface area contributed by atoms with Crippen LogP contribution in [-0.2, 0) is 32.8 Å². The lowest BCUT2D eigenvalue weighted by molar-refractivity contribution is -0.137. The number of halogens is 4. The van der Waals surface area contributed by atoms with E-state index in [1.165, 1.54) is 24.3 Å². The van der Waals surface area contributed by atoms with Crippen LogP contribution in [0.2, 0.25) is 0 Å². The number of hydrogen-bond acceptors (Lipinski definition) is 6. The van der Waals surface area contributed by atoms with Crippen molar-refractivity contribution in [1.29, 1.82) is 0 Å². The minimum absolute atomic E-state index is 0.124. The van der Waals surface area contributed by atoms with Gasteiger partial charge in [-0.3, -0.25) is 0 Å². The van der Waals surface area contributed by atoms with Crippen LogP contribution in [0.15, 0.2) is 53.7 Å². The van der Waals surface area contributed by atoms with Gasteiger partial charge in [0.15, 0.2) is 5.82 Å². The zero-order chi connectivity index (χ0) is 27.6. The number of unbranched alkanes of at least 4 members (excludes halogenated alkanes) is 1. The normalized spacial score (nSPS) is 17.5. The number of hydrogen-bond donors (Lipinski definition) is 1. The molecule has 0 fully saturated rings. The van der Waals surface area contributed by atoms with Crippen molar-refractivity contribution in [3.8, 4) is 5.75 Å². The number of nitrogens with one attached hydrogen (secondary N) is 1. The highest BCUT2D eigenvalue weighted by Crippen LogP contribution is 2.46. The smallest absolute Gasteiger partial charge is 0.416 e. The Morgan fingerprint density at radius 3 is 2.47 bits per heavy atom. The van der Waals surface area contributed by atoms with Gasteiger partial charge in [0.05, 0.1) is 29.5 Å². The molecule has 1 N–H and O–H groups in total. The standard InChI is InChI=1S/C26H27F4N3O4S/c1-25(21-8-6-18(26(28,29)30)13-17(21)5-3-4-11-36-2)10-12-37-23-14-20(7-9-22(23)25)38(34,35)33-24-31-15-19(27)16-32-24/h6-9,13-16H,3-5,10-12H2,1-2H3,(H,31,32,33)/t25-/m0/s1. The largest absolute Gasteiger partial charge is 0.493 e. The van der Waals surface area contributed by atoms with E-state index in [9.17, 15) is 26.0 Å². The number of anilines is 1. The molecule has 0 saturated carbocycles. The Hall–Kier alpha value is -3.25. The summed E-state index contributed by atoms with van der Waals surface area (Å²) in [5, 5.41) is 0. The fraction of sp³-hybridized carbons (Fsp3) is 0.385. The van der Waals surface area contributed by atoms with E-state index >= 15 is 0 Å². The molecule has 0 radical (unpaired) electrons. The third kappa shape index (κ3) is 5.91. The average Bonchev–Trinajstić information content (AvgIpc) is 2.87. The van der Waals surface area contributed by atoms with Gasteiger partial charge < -0.3 is 9.47 Å². The third-order valence-corrected chi connectivity index (χ3v) is 7.96. The minimum Gasteiger partial charge on any atom is -0.493 e. The van der Waals surface area contributed by atoms with E-state index in [0.717, 1.165) is 24.0 Å². The number of aryl methyl sites for hydroxylation is 1. The molecule has 0 saturated heterocycles. The van der Waals surface area contributed by atoms with Crippen molar-refractivity contribution < 1.29 is 35.5 Å². The van der Waals surface area contributed by atoms with Crippen LogP contribution in [0.3, 0.4) is 0 Å². The number of methoxy groups -OCH3 is 1. The first-order valence-electron chi connectivity index (χ1n) is 11.9. The van der Waals surface area contributed by atoms with Gasteiger partial charge in [-0.05, 0) is 55.0 Å². The molecular formula is C26H27F4N3O4S. The van der Waals surface area contributed by atoms with Gasteiger partial charge in [0.25, 0.3) is 10.0 Å². The third-order valence-electron chi connectivity index (χ3n) is 6.64. The molecular weight excluding hydrogens is 526 g/mol. The summed E-state index contributed by atoms with van der Waals surface area (Å²) in [6, 6.07) is 8.16. The molecule has 1 aliphatic rings. The predicted molar refractivity (Wildman–Crippen MR) is 132 cm³/mol. The summed E-state index contributed by atoms with van der Waals surface area (Å²) < 4.78 is 92.5. The number of sulfonamides is 1. The monoisotopic (exact) mass is 553 g/mol. The average molecular weight is 554 g/mol. The van der Waals surface area contributed by atoms with Crippen molar-refractivity contribution in [2.24, 2.45) is 0 Å². The van der Waals surface area contributed by atoms with Crippen molar-refractivity contribution in [3.05, 3.63) is 76.9 Å². The Labute approximate surface area is 218 Å². The van der Waals surface area contributed by atoms with Crippen LogP contribution in [0.25, 0.3) is 0 Å². The first-order valence-corrected chi connectivity index (χ1v) is 13.4. The lowest BCUT2D eigenvalue weighted by atomic mass is 9.70. The maximum Gasteiger partial charge on any atom is 0.416 e. The summed E-state index contributed by atoms with van der Waals surface area (Å²) in [7, 11) is -2.55. The summed E-state index contributed by atoms with van der Waals surface area (Å²) in [5.74, 6) is -0.694. The van der Waals surface area contributed by atoms with Crippen LogP contribution in [-0.4, -0.2) is 38.7 Å². The number of benzene rings is 2. The van der Waals surface area contributed by atoms with E-state index in [0.29, 0.717) is 49.2 Å². The van der Waals surface area contributed by atoms with Gasteiger partial charge in [-0.1, -0.05) is 19.1 Å². The van der Waals surface area contributed by atoms with Crippen LogP contribution >= 0.6 is 0 Å². The van der Waals surface area contributed by atoms with Crippen molar-refractivity contribution in [2.45, 2.75) is 49.1 Å². The number of nitrogens with zero attached hydrogens (tertiary/aromatic N) is 2. The fourth-order valence-electron chi connectivity index (χ4n) is 4.65. The molecule has 204 valence electrons. The first kappa shape index (κ1) is 27.8. The van der Waals surface area contributed by atoms with Gasteiger partial charge >= 0.3 is 6.18 Å². The molecule has 7 nitrogen and oxygen atoms in total. The second-order valence-electron chi connectivity index (χ2n) is 9.24. The molecule has 0 amide bonds. The van der Waals surface area contributed by atoms with Gasteiger partial charge in [-0.2, -0.15) is 13.2 Å². The highest BCUT2D eigenvalue weighted by Gasteiger charge is 2.39. The Morgan fingerprint density at radius 2 is 1.79 bits per heavy atom. The molecule has 0 spiro atoms. The van der Waals surface area contributed by atoms with E-state index in [-0.39, 0.29) is 17.5 Å². The van der Waals surface area contributed by atoms with Gasteiger partial charge in [-0.25, -0.2) is 27.5 Å². The van der Waals surface area contributed by atoms with Crippen LogP contribution in [0.4, 0.5) is 23.5 Å². The summed E-state index contributed by atoms with van der Waals surface area (Å²) in [4.78, 5) is 7.10. The molecule has 0 aliphatic carbocycles. The lowest BCUT2D eigenvalue weighted by Crippen LogP contribution is -2.32. The van der Waals surface area contributed by atoms with Crippen LogP contribution in [0.1, 0.15) is 48.4 Å². The molecule has 12 heteroatoms. The second kappa shape index (κ2) is 10.9. The van der Waals surface area contributed by atoms with E-state index in [1.54, 1.807) is 13.2 Å². The van der Waals surface area contributed by atoms with Crippen LogP contribution < -0.4 is 9.46 Å². The Morgan fingerprint density at radius 1 is 1.08 bits per heavy atom. The van der Waals surface area contributed by atoms with Gasteiger partial charge in [0, 0.05) is 30.8 Å². The first-order chi connectivity index (χ1) is 17.9. The van der Waals surface area contributed by atoms with Crippen molar-refractivity contribution in [3.63, 3.8) is 0 Å². The van der Waals surface area contributed by atoms with E-state index in [2.05, 4.69) is 14.7 Å². The topological polar surface area (TPSA) is 90.4 Å². The zero-order valence-electron chi connectivity index (χ0n) is 20.8. The number of alkyl halides is 3. The van der Waals surface area contributed by atoms with E-state index < -0.39 is 33.0 Å². The molecule has 0 bridgehead atoms.